The van der Waals surface area contributed by atoms with E-state index in [-0.39, 0.29) is 11.8 Å². The standard InChI is InChI=1S/C16H19NO/c1-11-8-9-14-12(2)10-17(16(18)15(11)14)13-6-4-3-5-7-13/h3-7,10-11,14-15H,8-9H2,1-2H3/t11-,14+,15+/m0/s1. The van der Waals surface area contributed by atoms with E-state index < -0.39 is 0 Å². The molecule has 94 valence electrons. The quantitative estimate of drug-likeness (QED) is 0.735. The second kappa shape index (κ2) is 4.27. The van der Waals surface area contributed by atoms with E-state index in [0.717, 1.165) is 5.69 Å². The van der Waals surface area contributed by atoms with Gasteiger partial charge in [0.25, 0.3) is 0 Å². The maximum absolute atomic E-state index is 12.6. The van der Waals surface area contributed by atoms with Crippen molar-refractivity contribution < 1.29 is 4.79 Å². The molecule has 1 aromatic rings. The lowest BCUT2D eigenvalue weighted by molar-refractivity contribution is -0.124. The van der Waals surface area contributed by atoms with Gasteiger partial charge in [-0.2, -0.15) is 0 Å². The van der Waals surface area contributed by atoms with Gasteiger partial charge in [-0.05, 0) is 43.7 Å². The van der Waals surface area contributed by atoms with E-state index in [1.165, 1.54) is 18.4 Å². The molecule has 3 rings (SSSR count). The lowest BCUT2D eigenvalue weighted by atomic mass is 9.82. The SMILES string of the molecule is CC1=CN(c2ccccc2)C(=O)[C@H]2[C@@H]1CC[C@@H]2C. The summed E-state index contributed by atoms with van der Waals surface area (Å²) in [6, 6.07) is 9.95. The van der Waals surface area contributed by atoms with Crippen LogP contribution in [0.3, 0.4) is 0 Å². The zero-order valence-electron chi connectivity index (χ0n) is 11.0. The molecule has 0 bridgehead atoms. The summed E-state index contributed by atoms with van der Waals surface area (Å²) in [6.07, 6.45) is 4.38. The second-order valence-corrected chi connectivity index (χ2v) is 5.60. The smallest absolute Gasteiger partial charge is 0.235 e. The van der Waals surface area contributed by atoms with Gasteiger partial charge in [0.05, 0.1) is 0 Å². The minimum atomic E-state index is 0.190. The number of carbonyl (C=O) groups excluding carboxylic acids is 1. The normalized spacial score (nSPS) is 31.2. The number of amides is 1. The molecule has 0 saturated heterocycles. The fraction of sp³-hybridized carbons (Fsp3) is 0.438. The van der Waals surface area contributed by atoms with E-state index in [1.54, 1.807) is 0 Å². The fourth-order valence-electron chi connectivity index (χ4n) is 3.44. The van der Waals surface area contributed by atoms with Crippen molar-refractivity contribution in [2.24, 2.45) is 17.8 Å². The predicted octanol–water partition coefficient (Wildman–Crippen LogP) is 3.60. The number of para-hydroxylation sites is 1. The number of anilines is 1. The highest BCUT2D eigenvalue weighted by atomic mass is 16.2. The van der Waals surface area contributed by atoms with Crippen LogP contribution in [0.1, 0.15) is 26.7 Å². The molecule has 0 spiro atoms. The predicted molar refractivity (Wildman–Crippen MR) is 73.1 cm³/mol. The molecule has 1 heterocycles. The first-order valence-electron chi connectivity index (χ1n) is 6.75. The number of nitrogens with zero attached hydrogens (tertiary/aromatic N) is 1. The third kappa shape index (κ3) is 1.67. The van der Waals surface area contributed by atoms with Crippen LogP contribution >= 0.6 is 0 Å². The van der Waals surface area contributed by atoms with Gasteiger partial charge in [0.2, 0.25) is 5.91 Å². The summed E-state index contributed by atoms with van der Waals surface area (Å²) >= 11 is 0. The molecule has 0 N–H and O–H groups in total. The summed E-state index contributed by atoms with van der Waals surface area (Å²) < 4.78 is 0. The molecule has 1 amide bonds. The third-order valence-corrected chi connectivity index (χ3v) is 4.45. The first kappa shape index (κ1) is 11.5. The average molecular weight is 241 g/mol. The van der Waals surface area contributed by atoms with Crippen LogP contribution < -0.4 is 4.90 Å². The molecule has 0 aromatic heterocycles. The maximum atomic E-state index is 12.6. The van der Waals surface area contributed by atoms with Crippen LogP contribution in [0.5, 0.6) is 0 Å². The van der Waals surface area contributed by atoms with Crippen molar-refractivity contribution in [1.82, 2.24) is 0 Å². The van der Waals surface area contributed by atoms with Crippen molar-refractivity contribution in [2.75, 3.05) is 4.90 Å². The number of carbonyl (C=O) groups is 1. The summed E-state index contributed by atoms with van der Waals surface area (Å²) in [5.41, 5.74) is 2.34. The average Bonchev–Trinajstić information content (AvgIpc) is 2.78. The molecule has 2 nitrogen and oxygen atoms in total. The Labute approximate surface area is 108 Å². The number of benzene rings is 1. The number of hydrogen-bond donors (Lipinski definition) is 0. The molecule has 1 aromatic carbocycles. The van der Waals surface area contributed by atoms with Crippen LogP contribution in [0.25, 0.3) is 0 Å². The number of hydrogen-bond acceptors (Lipinski definition) is 1. The lowest BCUT2D eigenvalue weighted by Gasteiger charge is -2.34. The van der Waals surface area contributed by atoms with E-state index in [9.17, 15) is 4.79 Å². The largest absolute Gasteiger partial charge is 0.288 e. The maximum Gasteiger partial charge on any atom is 0.235 e. The third-order valence-electron chi connectivity index (χ3n) is 4.45. The van der Waals surface area contributed by atoms with Gasteiger partial charge in [0.1, 0.15) is 0 Å². The fourth-order valence-corrected chi connectivity index (χ4v) is 3.44. The van der Waals surface area contributed by atoms with Crippen molar-refractivity contribution >= 4 is 11.6 Å². The zero-order chi connectivity index (χ0) is 12.7. The van der Waals surface area contributed by atoms with Crippen molar-refractivity contribution in [3.05, 3.63) is 42.1 Å². The van der Waals surface area contributed by atoms with Crippen LogP contribution in [-0.2, 0) is 4.79 Å². The van der Waals surface area contributed by atoms with Gasteiger partial charge in [-0.1, -0.05) is 30.7 Å². The van der Waals surface area contributed by atoms with Crippen molar-refractivity contribution in [1.29, 1.82) is 0 Å². The lowest BCUT2D eigenvalue weighted by Crippen LogP contribution is -2.40. The van der Waals surface area contributed by atoms with E-state index in [2.05, 4.69) is 13.8 Å². The van der Waals surface area contributed by atoms with E-state index in [1.807, 2.05) is 41.4 Å². The summed E-state index contributed by atoms with van der Waals surface area (Å²) in [7, 11) is 0. The van der Waals surface area contributed by atoms with E-state index in [0.29, 0.717) is 11.8 Å². The van der Waals surface area contributed by atoms with Gasteiger partial charge in [-0.15, -0.1) is 0 Å². The van der Waals surface area contributed by atoms with Gasteiger partial charge >= 0.3 is 0 Å². The topological polar surface area (TPSA) is 20.3 Å². The molecule has 3 atom stereocenters. The van der Waals surface area contributed by atoms with Crippen LogP contribution in [-0.4, -0.2) is 5.91 Å². The Balaban J connectivity index is 2.00. The van der Waals surface area contributed by atoms with Crippen LogP contribution in [0.4, 0.5) is 5.69 Å². The summed E-state index contributed by atoms with van der Waals surface area (Å²) in [5, 5.41) is 0. The molecule has 2 heteroatoms. The summed E-state index contributed by atoms with van der Waals surface area (Å²) in [4.78, 5) is 14.5. The highest BCUT2D eigenvalue weighted by Gasteiger charge is 2.43. The minimum Gasteiger partial charge on any atom is -0.288 e. The number of fused-ring (bicyclic) bond motifs is 1. The first-order valence-corrected chi connectivity index (χ1v) is 6.75. The van der Waals surface area contributed by atoms with Gasteiger partial charge in [0.15, 0.2) is 0 Å². The molecule has 18 heavy (non-hydrogen) atoms. The number of allylic oxidation sites excluding steroid dienone is 1. The minimum absolute atomic E-state index is 0.190. The highest BCUT2D eigenvalue weighted by Crippen LogP contribution is 2.45. The van der Waals surface area contributed by atoms with Crippen LogP contribution in [0, 0.1) is 17.8 Å². The first-order chi connectivity index (χ1) is 8.68. The van der Waals surface area contributed by atoms with Gasteiger partial charge in [-0.3, -0.25) is 9.69 Å². The Bertz CT molecular complexity index is 491. The van der Waals surface area contributed by atoms with E-state index in [4.69, 9.17) is 0 Å². The second-order valence-electron chi connectivity index (χ2n) is 5.60. The van der Waals surface area contributed by atoms with Crippen molar-refractivity contribution in [3.63, 3.8) is 0 Å². The highest BCUT2D eigenvalue weighted by molar-refractivity contribution is 5.98. The van der Waals surface area contributed by atoms with Gasteiger partial charge in [0, 0.05) is 17.8 Å². The summed E-state index contributed by atoms with van der Waals surface area (Å²) in [5.74, 6) is 1.46. The summed E-state index contributed by atoms with van der Waals surface area (Å²) in [6.45, 7) is 4.38. The Morgan fingerprint density at radius 3 is 2.61 bits per heavy atom. The van der Waals surface area contributed by atoms with Gasteiger partial charge < -0.3 is 0 Å². The molecule has 1 aliphatic carbocycles. The molecule has 1 aliphatic heterocycles. The van der Waals surface area contributed by atoms with Crippen molar-refractivity contribution in [2.45, 2.75) is 26.7 Å². The Morgan fingerprint density at radius 2 is 1.89 bits per heavy atom. The molecule has 2 aliphatic rings. The molecule has 1 fully saturated rings. The molecule has 1 saturated carbocycles. The molecular formula is C16H19NO. The number of rotatable bonds is 1. The molecule has 0 unspecified atom stereocenters. The van der Waals surface area contributed by atoms with Crippen molar-refractivity contribution in [3.8, 4) is 0 Å². The van der Waals surface area contributed by atoms with Gasteiger partial charge in [-0.25, -0.2) is 0 Å². The van der Waals surface area contributed by atoms with Crippen LogP contribution in [0.2, 0.25) is 0 Å². The Hall–Kier alpha value is -1.57. The monoisotopic (exact) mass is 241 g/mol. The molecule has 0 radical (unpaired) electrons. The Kier molecular flexibility index (Phi) is 2.73. The van der Waals surface area contributed by atoms with Crippen LogP contribution in [0.15, 0.2) is 42.1 Å². The van der Waals surface area contributed by atoms with E-state index >= 15 is 0 Å². The molecular weight excluding hydrogens is 222 g/mol. The zero-order valence-corrected chi connectivity index (χ0v) is 11.0. The Morgan fingerprint density at radius 1 is 1.17 bits per heavy atom.